The molecule has 0 unspecified atom stereocenters. The van der Waals surface area contributed by atoms with Gasteiger partial charge in [-0.3, -0.25) is 4.99 Å². The van der Waals surface area contributed by atoms with Gasteiger partial charge in [0.15, 0.2) is 5.96 Å². The molecule has 0 radical (unpaired) electrons. The highest BCUT2D eigenvalue weighted by molar-refractivity contribution is 14.0. The average Bonchev–Trinajstić information content (AvgIpc) is 2.65. The predicted molar refractivity (Wildman–Crippen MR) is 125 cm³/mol. The lowest BCUT2D eigenvalue weighted by atomic mass is 9.97. The second-order valence-corrected chi connectivity index (χ2v) is 8.17. The zero-order chi connectivity index (χ0) is 20.6. The lowest BCUT2D eigenvalue weighted by Gasteiger charge is -2.33. The first-order valence-corrected chi connectivity index (χ1v) is 9.94. The van der Waals surface area contributed by atoms with E-state index in [1.807, 2.05) is 20.8 Å². The van der Waals surface area contributed by atoms with Crippen molar-refractivity contribution in [1.82, 2.24) is 15.5 Å². The number of amides is 1. The van der Waals surface area contributed by atoms with Gasteiger partial charge in [-0.2, -0.15) is 0 Å². The number of aliphatic imine (C=N–C) groups is 1. The van der Waals surface area contributed by atoms with Crippen LogP contribution in [0.2, 0.25) is 0 Å². The summed E-state index contributed by atoms with van der Waals surface area (Å²) in [6, 6.07) is 6.55. The first-order valence-electron chi connectivity index (χ1n) is 9.94. The second-order valence-electron chi connectivity index (χ2n) is 8.17. The number of guanidine groups is 1. The average molecular weight is 520 g/mol. The van der Waals surface area contributed by atoms with Gasteiger partial charge in [0.25, 0.3) is 0 Å². The van der Waals surface area contributed by atoms with E-state index >= 15 is 0 Å². The third kappa shape index (κ3) is 9.64. The molecule has 29 heavy (non-hydrogen) atoms. The standard InChI is InChI=1S/C21H33FN4O2.HI/c1-21(2,3)28-20(27)26-13-10-17(11-14-26)15-25-19(23-4)24-12-9-16-5-7-18(22)8-6-16;/h5-8,17H,9-15H2,1-4H3,(H2,23,24,25);1H. The van der Waals surface area contributed by atoms with Crippen LogP contribution in [-0.2, 0) is 11.2 Å². The zero-order valence-corrected chi connectivity index (χ0v) is 20.2. The minimum atomic E-state index is -0.457. The van der Waals surface area contributed by atoms with Crippen molar-refractivity contribution < 1.29 is 13.9 Å². The van der Waals surface area contributed by atoms with E-state index in [-0.39, 0.29) is 35.9 Å². The molecule has 2 rings (SSSR count). The van der Waals surface area contributed by atoms with Crippen molar-refractivity contribution >= 4 is 36.0 Å². The van der Waals surface area contributed by atoms with E-state index in [4.69, 9.17) is 4.74 Å². The third-order valence-electron chi connectivity index (χ3n) is 4.67. The molecule has 0 atom stereocenters. The maximum absolute atomic E-state index is 12.9. The number of hydrogen-bond donors (Lipinski definition) is 2. The number of hydrogen-bond acceptors (Lipinski definition) is 3. The molecule has 1 aromatic carbocycles. The van der Waals surface area contributed by atoms with E-state index < -0.39 is 5.60 Å². The van der Waals surface area contributed by atoms with Crippen molar-refractivity contribution in [3.8, 4) is 0 Å². The lowest BCUT2D eigenvalue weighted by Crippen LogP contribution is -2.45. The monoisotopic (exact) mass is 520 g/mol. The SMILES string of the molecule is CN=C(NCCc1ccc(F)cc1)NCC1CCN(C(=O)OC(C)(C)C)CC1.I. The fourth-order valence-corrected chi connectivity index (χ4v) is 3.08. The van der Waals surface area contributed by atoms with Crippen molar-refractivity contribution in [2.45, 2.75) is 45.6 Å². The largest absolute Gasteiger partial charge is 0.444 e. The first-order chi connectivity index (χ1) is 13.3. The number of carbonyl (C=O) groups is 1. The van der Waals surface area contributed by atoms with E-state index in [0.717, 1.165) is 57.0 Å². The molecule has 6 nitrogen and oxygen atoms in total. The number of benzene rings is 1. The summed E-state index contributed by atoms with van der Waals surface area (Å²) in [6.45, 7) is 8.64. The maximum Gasteiger partial charge on any atom is 0.410 e. The summed E-state index contributed by atoms with van der Waals surface area (Å²) in [6.07, 6.45) is 2.46. The smallest absolute Gasteiger partial charge is 0.410 e. The van der Waals surface area contributed by atoms with Gasteiger partial charge < -0.3 is 20.3 Å². The van der Waals surface area contributed by atoms with Gasteiger partial charge in [-0.1, -0.05) is 12.1 Å². The molecule has 1 saturated heterocycles. The molecule has 1 heterocycles. The van der Waals surface area contributed by atoms with Crippen LogP contribution in [0.15, 0.2) is 29.3 Å². The summed E-state index contributed by atoms with van der Waals surface area (Å²) in [4.78, 5) is 18.2. The van der Waals surface area contributed by atoms with E-state index in [2.05, 4.69) is 15.6 Å². The van der Waals surface area contributed by atoms with Crippen molar-refractivity contribution in [3.63, 3.8) is 0 Å². The van der Waals surface area contributed by atoms with Gasteiger partial charge in [-0.25, -0.2) is 9.18 Å². The highest BCUT2D eigenvalue weighted by Crippen LogP contribution is 2.19. The topological polar surface area (TPSA) is 66.0 Å². The fourth-order valence-electron chi connectivity index (χ4n) is 3.08. The van der Waals surface area contributed by atoms with Crippen molar-refractivity contribution in [3.05, 3.63) is 35.6 Å². The normalized spacial score (nSPS) is 15.5. The Morgan fingerprint density at radius 3 is 2.38 bits per heavy atom. The van der Waals surface area contributed by atoms with Crippen LogP contribution in [0.5, 0.6) is 0 Å². The lowest BCUT2D eigenvalue weighted by molar-refractivity contribution is 0.0185. The Balaban J connectivity index is 0.00000420. The van der Waals surface area contributed by atoms with Crippen LogP contribution in [0.4, 0.5) is 9.18 Å². The van der Waals surface area contributed by atoms with Crippen LogP contribution in [-0.4, -0.2) is 55.8 Å². The second kappa shape index (κ2) is 12.2. The Kier molecular flexibility index (Phi) is 10.7. The van der Waals surface area contributed by atoms with Gasteiger partial charge in [-0.05, 0) is 63.6 Å². The summed E-state index contributed by atoms with van der Waals surface area (Å²) in [7, 11) is 1.75. The zero-order valence-electron chi connectivity index (χ0n) is 17.8. The summed E-state index contributed by atoms with van der Waals surface area (Å²) in [5.74, 6) is 1.04. The minimum absolute atomic E-state index is 0. The number of halogens is 2. The van der Waals surface area contributed by atoms with E-state index in [9.17, 15) is 9.18 Å². The molecule has 1 fully saturated rings. The summed E-state index contributed by atoms with van der Waals surface area (Å²) >= 11 is 0. The maximum atomic E-state index is 12.9. The Morgan fingerprint density at radius 1 is 1.21 bits per heavy atom. The van der Waals surface area contributed by atoms with Gasteiger partial charge >= 0.3 is 6.09 Å². The molecule has 0 aromatic heterocycles. The molecule has 0 saturated carbocycles. The van der Waals surface area contributed by atoms with E-state index in [0.29, 0.717) is 5.92 Å². The molecule has 164 valence electrons. The van der Waals surface area contributed by atoms with Crippen LogP contribution in [0, 0.1) is 11.7 Å². The van der Waals surface area contributed by atoms with Gasteiger partial charge in [0.05, 0.1) is 0 Å². The highest BCUT2D eigenvalue weighted by Gasteiger charge is 2.26. The van der Waals surface area contributed by atoms with Crippen LogP contribution in [0.1, 0.15) is 39.2 Å². The molecule has 1 aliphatic rings. The Hall–Kier alpha value is -1.58. The summed E-state index contributed by atoms with van der Waals surface area (Å²) in [5, 5.41) is 6.65. The predicted octanol–water partition coefficient (Wildman–Crippen LogP) is 3.80. The molecule has 1 aliphatic heterocycles. The van der Waals surface area contributed by atoms with E-state index in [1.54, 1.807) is 24.1 Å². The number of likely N-dealkylation sites (tertiary alicyclic amines) is 1. The number of piperidine rings is 1. The summed E-state index contributed by atoms with van der Waals surface area (Å²) < 4.78 is 18.4. The summed E-state index contributed by atoms with van der Waals surface area (Å²) in [5.41, 5.74) is 0.626. The van der Waals surface area contributed by atoms with Crippen molar-refractivity contribution in [2.24, 2.45) is 10.9 Å². The fraction of sp³-hybridized carbons (Fsp3) is 0.619. The van der Waals surface area contributed by atoms with Crippen molar-refractivity contribution in [2.75, 3.05) is 33.2 Å². The Morgan fingerprint density at radius 2 is 1.83 bits per heavy atom. The molecule has 0 aliphatic carbocycles. The van der Waals surface area contributed by atoms with Crippen LogP contribution < -0.4 is 10.6 Å². The molecular weight excluding hydrogens is 486 g/mol. The van der Waals surface area contributed by atoms with E-state index in [1.165, 1.54) is 12.1 Å². The quantitative estimate of drug-likeness (QED) is 0.352. The number of ether oxygens (including phenoxy) is 1. The van der Waals surface area contributed by atoms with Gasteiger partial charge in [0.2, 0.25) is 0 Å². The molecule has 1 aromatic rings. The Bertz CT molecular complexity index is 654. The molecule has 2 N–H and O–H groups in total. The number of rotatable bonds is 5. The third-order valence-corrected chi connectivity index (χ3v) is 4.67. The molecule has 0 bridgehead atoms. The number of nitrogens with one attached hydrogen (secondary N) is 2. The number of carbonyl (C=O) groups excluding carboxylic acids is 1. The molecular formula is C21H34FIN4O2. The van der Waals surface area contributed by atoms with Gasteiger partial charge in [0.1, 0.15) is 11.4 Å². The van der Waals surface area contributed by atoms with Gasteiger partial charge in [-0.15, -0.1) is 24.0 Å². The van der Waals surface area contributed by atoms with Crippen LogP contribution >= 0.6 is 24.0 Å². The Labute approximate surface area is 190 Å². The van der Waals surface area contributed by atoms with Gasteiger partial charge in [0, 0.05) is 33.2 Å². The van der Waals surface area contributed by atoms with Crippen LogP contribution in [0.3, 0.4) is 0 Å². The van der Waals surface area contributed by atoms with Crippen LogP contribution in [0.25, 0.3) is 0 Å². The molecule has 0 spiro atoms. The minimum Gasteiger partial charge on any atom is -0.444 e. The first kappa shape index (κ1) is 25.5. The van der Waals surface area contributed by atoms with Crippen molar-refractivity contribution in [1.29, 1.82) is 0 Å². The molecule has 1 amide bonds. The highest BCUT2D eigenvalue weighted by atomic mass is 127. The number of nitrogens with zero attached hydrogens (tertiary/aromatic N) is 2. The molecule has 8 heteroatoms.